The van der Waals surface area contributed by atoms with E-state index in [-0.39, 0.29) is 43.5 Å². The van der Waals surface area contributed by atoms with Crippen molar-refractivity contribution >= 4 is 22.1 Å². The Hall–Kier alpha value is -0.150. The van der Waals surface area contributed by atoms with Crippen LogP contribution in [0.15, 0.2) is 0 Å². The molecule has 7 nitrogen and oxygen atoms in total. The van der Waals surface area contributed by atoms with Crippen molar-refractivity contribution in [3.05, 3.63) is 0 Å². The molecule has 0 aliphatic heterocycles. The smallest absolute Gasteiger partial charge is 1.00 e. The van der Waals surface area contributed by atoms with Crippen LogP contribution in [0.1, 0.15) is 28.6 Å². The van der Waals surface area contributed by atoms with Gasteiger partial charge in [0.05, 0.1) is 20.1 Å². The first-order valence-electron chi connectivity index (χ1n) is 5.25. The number of ether oxygens (including phenoxy) is 2. The number of carbonyl (C=O) groups excluding carboxylic acids is 2. The van der Waals surface area contributed by atoms with Gasteiger partial charge >= 0.3 is 41.5 Å². The summed E-state index contributed by atoms with van der Waals surface area (Å²) in [5, 5.41) is 0. The molecular weight excluding hydrogens is 287 g/mol. The van der Waals surface area contributed by atoms with Gasteiger partial charge in [-0.25, -0.2) is 0 Å². The van der Waals surface area contributed by atoms with Gasteiger partial charge in [0.15, 0.2) is 0 Å². The van der Waals surface area contributed by atoms with E-state index < -0.39 is 33.2 Å². The minimum absolute atomic E-state index is 0. The molecule has 0 amide bonds. The molecule has 0 fully saturated rings. The van der Waals surface area contributed by atoms with Crippen molar-refractivity contribution in [2.75, 3.05) is 13.7 Å². The van der Waals surface area contributed by atoms with Gasteiger partial charge in [-0.1, -0.05) is 13.8 Å². The number of rotatable bonds is 6. The molecule has 1 atom stereocenters. The van der Waals surface area contributed by atoms with Gasteiger partial charge in [-0.2, -0.15) is 8.42 Å². The van der Waals surface area contributed by atoms with Crippen molar-refractivity contribution in [2.45, 2.75) is 31.9 Å². The summed E-state index contributed by atoms with van der Waals surface area (Å²) in [7, 11) is -3.82. The van der Waals surface area contributed by atoms with Crippen molar-refractivity contribution in [3.8, 4) is 0 Å². The van der Waals surface area contributed by atoms with Gasteiger partial charge in [0, 0.05) is 0 Å². The monoisotopic (exact) mass is 306 g/mol. The maximum Gasteiger partial charge on any atom is 1.00 e. The summed E-state index contributed by atoms with van der Waals surface area (Å²) in [4.78, 5) is 22.8. The molecule has 1 N–H and O–H groups in total. The normalized spacial score (nSPS) is 14.2. The minimum Gasteiger partial charge on any atom is -1.00 e. The SMILES string of the molecule is COC(=O)C(C)(CC(=O)OCC(C)C)S(=O)(=O)O.[H-].[Na+]. The summed E-state index contributed by atoms with van der Waals surface area (Å²) in [6.45, 7) is 4.61. The molecule has 1 unspecified atom stereocenters. The average Bonchev–Trinajstić information content (AvgIpc) is 2.23. The van der Waals surface area contributed by atoms with E-state index in [1.165, 1.54) is 0 Å². The zero-order valence-corrected chi connectivity index (χ0v) is 14.6. The Morgan fingerprint density at radius 2 is 1.84 bits per heavy atom. The fourth-order valence-corrected chi connectivity index (χ4v) is 1.66. The standard InChI is InChI=1S/C10H18O7S.Na.H/c1-7(2)6-17-8(11)5-10(3,9(12)16-4)18(13,14)15;;/h7H,5-6H2,1-4H3,(H,13,14,15);;/q;+1;-1. The van der Waals surface area contributed by atoms with E-state index in [0.717, 1.165) is 14.0 Å². The quantitative estimate of drug-likeness (QED) is 0.329. The van der Waals surface area contributed by atoms with Gasteiger partial charge in [-0.05, 0) is 12.8 Å². The average molecular weight is 306 g/mol. The maximum atomic E-state index is 11.4. The molecule has 0 bridgehead atoms. The second-order valence-electron chi connectivity index (χ2n) is 4.45. The summed E-state index contributed by atoms with van der Waals surface area (Å²) in [5.74, 6) is -2.04. The van der Waals surface area contributed by atoms with Crippen LogP contribution in [0.3, 0.4) is 0 Å². The minimum atomic E-state index is -4.78. The van der Waals surface area contributed by atoms with Crippen LogP contribution in [0, 0.1) is 5.92 Å². The van der Waals surface area contributed by atoms with E-state index in [9.17, 15) is 18.0 Å². The molecule has 0 radical (unpaired) electrons. The number of hydrogen-bond acceptors (Lipinski definition) is 6. The van der Waals surface area contributed by atoms with Gasteiger partial charge in [0.25, 0.3) is 10.1 Å². The number of hydrogen-bond donors (Lipinski definition) is 1. The van der Waals surface area contributed by atoms with Crippen molar-refractivity contribution in [2.24, 2.45) is 5.92 Å². The van der Waals surface area contributed by atoms with Crippen LogP contribution in [0.2, 0.25) is 0 Å². The van der Waals surface area contributed by atoms with E-state index in [1.54, 1.807) is 13.8 Å². The Balaban J connectivity index is -0.00000144. The van der Waals surface area contributed by atoms with Crippen LogP contribution in [-0.2, 0) is 29.2 Å². The van der Waals surface area contributed by atoms with Crippen LogP contribution in [-0.4, -0.2) is 43.4 Å². The van der Waals surface area contributed by atoms with Crippen molar-refractivity contribution < 1.29 is 63.0 Å². The third-order valence-electron chi connectivity index (χ3n) is 2.25. The Morgan fingerprint density at radius 3 is 2.16 bits per heavy atom. The van der Waals surface area contributed by atoms with Crippen LogP contribution >= 0.6 is 0 Å². The predicted molar refractivity (Wildman–Crippen MR) is 63.5 cm³/mol. The molecule has 0 aromatic heterocycles. The summed E-state index contributed by atoms with van der Waals surface area (Å²) in [5.41, 5.74) is 0. The first-order valence-corrected chi connectivity index (χ1v) is 6.69. The van der Waals surface area contributed by atoms with E-state index in [1.807, 2.05) is 0 Å². The van der Waals surface area contributed by atoms with Crippen LogP contribution in [0.5, 0.6) is 0 Å². The third-order valence-corrected chi connectivity index (χ3v) is 3.70. The molecule has 0 saturated heterocycles. The number of methoxy groups -OCH3 is 1. The topological polar surface area (TPSA) is 107 Å². The van der Waals surface area contributed by atoms with E-state index in [4.69, 9.17) is 9.29 Å². The molecule has 0 heterocycles. The zero-order valence-electron chi connectivity index (χ0n) is 12.8. The van der Waals surface area contributed by atoms with Crippen molar-refractivity contribution in [3.63, 3.8) is 0 Å². The second-order valence-corrected chi connectivity index (χ2v) is 6.30. The molecular formula is C10H19NaO7S. The molecule has 9 heteroatoms. The molecule has 0 aliphatic rings. The first-order chi connectivity index (χ1) is 8.04. The summed E-state index contributed by atoms with van der Waals surface area (Å²) < 4.78 is 38.1. The van der Waals surface area contributed by atoms with Gasteiger partial charge in [-0.3, -0.25) is 14.1 Å². The molecule has 0 saturated carbocycles. The van der Waals surface area contributed by atoms with Gasteiger partial charge in [-0.15, -0.1) is 0 Å². The predicted octanol–water partition coefficient (Wildman–Crippen LogP) is -2.49. The van der Waals surface area contributed by atoms with Crippen LogP contribution < -0.4 is 29.6 Å². The molecule has 19 heavy (non-hydrogen) atoms. The summed E-state index contributed by atoms with van der Waals surface area (Å²) in [6.07, 6.45) is -0.800. The van der Waals surface area contributed by atoms with Gasteiger partial charge < -0.3 is 10.9 Å². The molecule has 0 aromatic rings. The Kier molecular flexibility index (Phi) is 9.14. The Labute approximate surface area is 136 Å². The first kappa shape index (κ1) is 21.2. The van der Waals surface area contributed by atoms with Crippen LogP contribution in [0.4, 0.5) is 0 Å². The summed E-state index contributed by atoms with van der Waals surface area (Å²) in [6, 6.07) is 0. The van der Waals surface area contributed by atoms with Crippen LogP contribution in [0.25, 0.3) is 0 Å². The van der Waals surface area contributed by atoms with E-state index in [2.05, 4.69) is 4.74 Å². The van der Waals surface area contributed by atoms with Crippen molar-refractivity contribution in [1.29, 1.82) is 0 Å². The van der Waals surface area contributed by atoms with E-state index in [0.29, 0.717) is 0 Å². The maximum absolute atomic E-state index is 11.4. The fraction of sp³-hybridized carbons (Fsp3) is 0.800. The zero-order chi connectivity index (χ0) is 14.6. The summed E-state index contributed by atoms with van der Waals surface area (Å²) >= 11 is 0. The number of carbonyl (C=O) groups is 2. The second kappa shape index (κ2) is 8.21. The molecule has 0 aromatic carbocycles. The largest absolute Gasteiger partial charge is 1.00 e. The number of esters is 2. The third kappa shape index (κ3) is 6.22. The fourth-order valence-electron chi connectivity index (χ4n) is 1.07. The Bertz CT molecular complexity index is 423. The molecule has 0 rings (SSSR count). The Morgan fingerprint density at radius 1 is 1.37 bits per heavy atom. The van der Waals surface area contributed by atoms with E-state index >= 15 is 0 Å². The molecule has 0 aliphatic carbocycles. The molecule has 0 spiro atoms. The molecule has 108 valence electrons. The van der Waals surface area contributed by atoms with Gasteiger partial charge in [0.1, 0.15) is 0 Å². The van der Waals surface area contributed by atoms with Crippen molar-refractivity contribution in [1.82, 2.24) is 0 Å². The van der Waals surface area contributed by atoms with Gasteiger partial charge in [0.2, 0.25) is 4.75 Å².